The minimum absolute atomic E-state index is 0.0857. The Hall–Kier alpha value is -3.28. The van der Waals surface area contributed by atoms with E-state index in [1.54, 1.807) is 0 Å². The Kier molecular flexibility index (Phi) is 7.13. The molecule has 3 aromatic carbocycles. The highest BCUT2D eigenvalue weighted by molar-refractivity contribution is 7.98. The normalized spacial score (nSPS) is 14.2. The van der Waals surface area contributed by atoms with Crippen LogP contribution >= 0.6 is 11.8 Å². The summed E-state index contributed by atoms with van der Waals surface area (Å²) < 4.78 is 0. The van der Waals surface area contributed by atoms with E-state index in [4.69, 9.17) is 0 Å². The van der Waals surface area contributed by atoms with E-state index in [-0.39, 0.29) is 5.91 Å². The number of rotatable bonds is 8. The molecule has 0 unspecified atom stereocenters. The molecule has 0 saturated heterocycles. The molecule has 1 aliphatic rings. The predicted molar refractivity (Wildman–Crippen MR) is 144 cm³/mol. The second-order valence-electron chi connectivity index (χ2n) is 8.59. The van der Waals surface area contributed by atoms with E-state index in [0.29, 0.717) is 5.56 Å². The quantitative estimate of drug-likeness (QED) is 0.293. The number of amides is 1. The Morgan fingerprint density at radius 2 is 1.79 bits per heavy atom. The van der Waals surface area contributed by atoms with Gasteiger partial charge in [-0.3, -0.25) is 9.69 Å². The molecule has 0 radical (unpaired) electrons. The van der Waals surface area contributed by atoms with Crippen molar-refractivity contribution in [2.75, 3.05) is 30.7 Å². The number of thioether (sulfide) groups is 1. The molecular weight excluding hydrogens is 438 g/mol. The van der Waals surface area contributed by atoms with E-state index in [1.165, 1.54) is 22.1 Å². The number of nitrogens with zero attached hydrogens (tertiary/aromatic N) is 1. The number of fused-ring (bicyclic) bond motifs is 1. The molecule has 0 aliphatic carbocycles. The van der Waals surface area contributed by atoms with Gasteiger partial charge in [0, 0.05) is 59.5 Å². The average Bonchev–Trinajstić information content (AvgIpc) is 3.30. The van der Waals surface area contributed by atoms with Crippen molar-refractivity contribution in [3.8, 4) is 0 Å². The lowest BCUT2D eigenvalue weighted by atomic mass is 10.00. The molecule has 34 heavy (non-hydrogen) atoms. The van der Waals surface area contributed by atoms with Crippen LogP contribution in [0.15, 0.2) is 91.1 Å². The molecule has 2 N–H and O–H groups in total. The smallest absolute Gasteiger partial charge is 0.255 e. The number of carbonyl (C=O) groups excluding carboxylic acids is 1. The molecule has 0 spiro atoms. The summed E-state index contributed by atoms with van der Waals surface area (Å²) in [5.41, 5.74) is 6.69. The number of hydrogen-bond acceptors (Lipinski definition) is 3. The molecule has 4 aromatic rings. The number of anilines is 1. The topological polar surface area (TPSA) is 48.1 Å². The van der Waals surface area contributed by atoms with Gasteiger partial charge in [-0.25, -0.2) is 0 Å². The minimum Gasteiger partial charge on any atom is -0.361 e. The van der Waals surface area contributed by atoms with E-state index < -0.39 is 0 Å². The first-order chi connectivity index (χ1) is 16.8. The second kappa shape index (κ2) is 10.8. The molecular formula is C29H29N3OS. The van der Waals surface area contributed by atoms with Crippen LogP contribution in [0, 0.1) is 0 Å². The Bertz CT molecular complexity index is 1280. The number of aromatic nitrogens is 1. The zero-order chi connectivity index (χ0) is 23.2. The van der Waals surface area contributed by atoms with Crippen molar-refractivity contribution < 1.29 is 4.79 Å². The number of aromatic amines is 1. The molecule has 1 aliphatic heterocycles. The van der Waals surface area contributed by atoms with E-state index >= 15 is 0 Å². The average molecular weight is 468 g/mol. The zero-order valence-electron chi connectivity index (χ0n) is 19.2. The first kappa shape index (κ1) is 22.5. The van der Waals surface area contributed by atoms with Crippen molar-refractivity contribution in [3.05, 3.63) is 108 Å². The predicted octanol–water partition coefficient (Wildman–Crippen LogP) is 6.44. The van der Waals surface area contributed by atoms with Crippen molar-refractivity contribution in [2.45, 2.75) is 12.2 Å². The Balaban J connectivity index is 1.13. The van der Waals surface area contributed by atoms with Gasteiger partial charge in [0.2, 0.25) is 0 Å². The monoisotopic (exact) mass is 467 g/mol. The third-order valence-electron chi connectivity index (χ3n) is 6.31. The lowest BCUT2D eigenvalue weighted by molar-refractivity contribution is 0.102. The summed E-state index contributed by atoms with van der Waals surface area (Å²) in [5.74, 6) is 1.97. The maximum absolute atomic E-state index is 12.5. The van der Waals surface area contributed by atoms with Crippen LogP contribution in [0.4, 0.5) is 5.69 Å². The first-order valence-corrected chi connectivity index (χ1v) is 12.9. The van der Waals surface area contributed by atoms with Gasteiger partial charge in [-0.15, -0.1) is 0 Å². The van der Waals surface area contributed by atoms with Gasteiger partial charge in [0.05, 0.1) is 0 Å². The van der Waals surface area contributed by atoms with Crippen LogP contribution in [0.25, 0.3) is 16.5 Å². The summed E-state index contributed by atoms with van der Waals surface area (Å²) in [4.78, 5) is 18.4. The molecule has 1 amide bonds. The fourth-order valence-corrected chi connectivity index (χ4v) is 5.36. The van der Waals surface area contributed by atoms with Crippen LogP contribution in [0.2, 0.25) is 0 Å². The summed E-state index contributed by atoms with van der Waals surface area (Å²) in [6.45, 7) is 3.26. The molecule has 1 aromatic heterocycles. The third kappa shape index (κ3) is 5.44. The molecule has 5 heteroatoms. The minimum atomic E-state index is -0.0857. The maximum atomic E-state index is 12.5. The van der Waals surface area contributed by atoms with E-state index in [2.05, 4.69) is 63.9 Å². The van der Waals surface area contributed by atoms with Gasteiger partial charge in [-0.1, -0.05) is 54.6 Å². The fraction of sp³-hybridized carbons (Fsp3) is 0.207. The van der Waals surface area contributed by atoms with E-state index in [1.807, 2.05) is 54.2 Å². The van der Waals surface area contributed by atoms with Crippen LogP contribution in [0.5, 0.6) is 0 Å². The van der Waals surface area contributed by atoms with Crippen molar-refractivity contribution in [3.63, 3.8) is 0 Å². The Morgan fingerprint density at radius 3 is 2.56 bits per heavy atom. The van der Waals surface area contributed by atoms with Crippen LogP contribution in [0.1, 0.15) is 27.9 Å². The number of H-pyrrole nitrogens is 1. The summed E-state index contributed by atoms with van der Waals surface area (Å²) in [6.07, 6.45) is 5.60. The van der Waals surface area contributed by atoms with E-state index in [9.17, 15) is 4.79 Å². The molecule has 5 rings (SSSR count). The maximum Gasteiger partial charge on any atom is 0.255 e. The van der Waals surface area contributed by atoms with Crippen molar-refractivity contribution >= 4 is 39.8 Å². The highest BCUT2D eigenvalue weighted by Crippen LogP contribution is 2.27. The Labute approximate surface area is 205 Å². The zero-order valence-corrected chi connectivity index (χ0v) is 20.0. The van der Waals surface area contributed by atoms with Gasteiger partial charge in [0.1, 0.15) is 0 Å². The molecule has 4 nitrogen and oxygen atoms in total. The number of hydrogen-bond donors (Lipinski definition) is 2. The van der Waals surface area contributed by atoms with Crippen LogP contribution < -0.4 is 5.32 Å². The SMILES string of the molecule is O=C(Nc1ccc2[nH]cc(CSCCN3CC=C(c4ccccc4)CC3)c2c1)c1ccccc1. The summed E-state index contributed by atoms with van der Waals surface area (Å²) in [5, 5.41) is 4.19. The molecule has 0 fully saturated rings. The van der Waals surface area contributed by atoms with Crippen LogP contribution in [0.3, 0.4) is 0 Å². The summed E-state index contributed by atoms with van der Waals surface area (Å²) in [7, 11) is 0. The first-order valence-electron chi connectivity index (χ1n) is 11.8. The summed E-state index contributed by atoms with van der Waals surface area (Å²) >= 11 is 1.96. The van der Waals surface area contributed by atoms with Gasteiger partial charge in [-0.05, 0) is 53.5 Å². The highest BCUT2D eigenvalue weighted by atomic mass is 32.2. The van der Waals surface area contributed by atoms with Gasteiger partial charge in [0.15, 0.2) is 0 Å². The van der Waals surface area contributed by atoms with Gasteiger partial charge in [-0.2, -0.15) is 11.8 Å². The number of benzene rings is 3. The number of carbonyl (C=O) groups is 1. The Morgan fingerprint density at radius 1 is 1.00 bits per heavy atom. The lowest BCUT2D eigenvalue weighted by Crippen LogP contribution is -2.30. The molecule has 0 bridgehead atoms. The summed E-state index contributed by atoms with van der Waals surface area (Å²) in [6, 6.07) is 26.1. The van der Waals surface area contributed by atoms with Gasteiger partial charge >= 0.3 is 0 Å². The van der Waals surface area contributed by atoms with Crippen molar-refractivity contribution in [1.82, 2.24) is 9.88 Å². The molecule has 0 atom stereocenters. The second-order valence-corrected chi connectivity index (χ2v) is 9.70. The van der Waals surface area contributed by atoms with Crippen LogP contribution in [-0.2, 0) is 5.75 Å². The van der Waals surface area contributed by atoms with Crippen molar-refractivity contribution in [2.24, 2.45) is 0 Å². The van der Waals surface area contributed by atoms with Crippen LogP contribution in [-0.4, -0.2) is 41.2 Å². The van der Waals surface area contributed by atoms with Gasteiger partial charge < -0.3 is 10.3 Å². The molecule has 172 valence electrons. The van der Waals surface area contributed by atoms with E-state index in [0.717, 1.165) is 48.8 Å². The number of nitrogens with one attached hydrogen (secondary N) is 2. The highest BCUT2D eigenvalue weighted by Gasteiger charge is 2.13. The largest absolute Gasteiger partial charge is 0.361 e. The fourth-order valence-electron chi connectivity index (χ4n) is 4.37. The standard InChI is InChI=1S/C29H29N3OS/c33-29(24-9-5-2-6-10-24)31-26-11-12-28-27(19-26)25(20-30-28)21-34-18-17-32-15-13-23(14-16-32)22-7-3-1-4-8-22/h1-13,19-20,30H,14-18,21H2,(H,31,33). The van der Waals surface area contributed by atoms with Gasteiger partial charge in [0.25, 0.3) is 5.91 Å². The molecule has 2 heterocycles. The molecule has 0 saturated carbocycles. The third-order valence-corrected chi connectivity index (χ3v) is 7.29. The lowest BCUT2D eigenvalue weighted by Gasteiger charge is -2.26. The van der Waals surface area contributed by atoms with Crippen molar-refractivity contribution in [1.29, 1.82) is 0 Å².